The lowest BCUT2D eigenvalue weighted by molar-refractivity contribution is 0.114. The highest BCUT2D eigenvalue weighted by molar-refractivity contribution is 5.41. The first-order valence-electron chi connectivity index (χ1n) is 9.09. The van der Waals surface area contributed by atoms with E-state index in [1.165, 1.54) is 0 Å². The molecule has 0 aliphatic heterocycles. The van der Waals surface area contributed by atoms with E-state index in [0.717, 1.165) is 11.1 Å². The van der Waals surface area contributed by atoms with Crippen molar-refractivity contribution >= 4 is 0 Å². The molecule has 0 saturated carbocycles. The summed E-state index contributed by atoms with van der Waals surface area (Å²) in [4.78, 5) is 0. The minimum atomic E-state index is -0.659. The summed E-state index contributed by atoms with van der Waals surface area (Å²) in [5.41, 5.74) is 12.8. The van der Waals surface area contributed by atoms with Gasteiger partial charge >= 0.3 is 0 Å². The van der Waals surface area contributed by atoms with Crippen LogP contribution in [0.25, 0.3) is 0 Å². The molecular weight excluding hydrogens is 344 g/mol. The van der Waals surface area contributed by atoms with Crippen LogP contribution in [0.4, 0.5) is 0 Å². The van der Waals surface area contributed by atoms with Crippen molar-refractivity contribution in [2.75, 3.05) is 26.3 Å². The monoisotopic (exact) mass is 374 g/mol. The van der Waals surface area contributed by atoms with Gasteiger partial charge in [-0.1, -0.05) is 38.1 Å². The van der Waals surface area contributed by atoms with Crippen LogP contribution in [0.2, 0.25) is 0 Å². The van der Waals surface area contributed by atoms with Crippen LogP contribution in [0, 0.1) is 0 Å². The third kappa shape index (κ3) is 5.94. The van der Waals surface area contributed by atoms with Crippen molar-refractivity contribution in [3.63, 3.8) is 0 Å². The summed E-state index contributed by atoms with van der Waals surface area (Å²) < 4.78 is 11.1. The lowest BCUT2D eigenvalue weighted by Crippen LogP contribution is -2.26. The number of hydrogen-bond acceptors (Lipinski definition) is 6. The lowest BCUT2D eigenvalue weighted by Gasteiger charge is -2.26. The highest BCUT2D eigenvalue weighted by atomic mass is 16.5. The number of benzene rings is 2. The molecule has 2 aromatic rings. The van der Waals surface area contributed by atoms with E-state index in [9.17, 15) is 10.2 Å². The molecule has 0 spiro atoms. The first kappa shape index (κ1) is 21.2. The molecule has 0 bridgehead atoms. The molecule has 6 N–H and O–H groups in total. The zero-order chi connectivity index (χ0) is 19.9. The highest BCUT2D eigenvalue weighted by Gasteiger charge is 2.23. The number of nitrogens with two attached hydrogens (primary N) is 2. The lowest BCUT2D eigenvalue weighted by atomic mass is 9.78. The predicted molar refractivity (Wildman–Crippen MR) is 106 cm³/mol. The van der Waals surface area contributed by atoms with Crippen LogP contribution in [-0.2, 0) is 5.41 Å². The fourth-order valence-corrected chi connectivity index (χ4v) is 2.62. The summed E-state index contributed by atoms with van der Waals surface area (Å²) in [7, 11) is 0. The van der Waals surface area contributed by atoms with Crippen LogP contribution >= 0.6 is 0 Å². The molecule has 0 radical (unpaired) electrons. The smallest absolute Gasteiger partial charge is 0.119 e. The Bertz CT molecular complexity index is 627. The Kier molecular flexibility index (Phi) is 7.62. The molecule has 0 aliphatic rings. The van der Waals surface area contributed by atoms with E-state index in [2.05, 4.69) is 13.8 Å². The summed E-state index contributed by atoms with van der Waals surface area (Å²) in [5.74, 6) is 1.40. The highest BCUT2D eigenvalue weighted by Crippen LogP contribution is 2.33. The molecule has 0 amide bonds. The van der Waals surface area contributed by atoms with Crippen molar-refractivity contribution in [3.05, 3.63) is 59.7 Å². The molecule has 0 aromatic heterocycles. The van der Waals surface area contributed by atoms with Gasteiger partial charge in [-0.3, -0.25) is 0 Å². The van der Waals surface area contributed by atoms with Crippen molar-refractivity contribution in [1.29, 1.82) is 0 Å². The van der Waals surface area contributed by atoms with Crippen LogP contribution in [0.5, 0.6) is 11.5 Å². The number of ether oxygens (including phenoxy) is 2. The van der Waals surface area contributed by atoms with Gasteiger partial charge in [-0.15, -0.1) is 0 Å². The second kappa shape index (κ2) is 9.71. The van der Waals surface area contributed by atoms with Crippen molar-refractivity contribution in [2.45, 2.75) is 31.5 Å². The van der Waals surface area contributed by atoms with Gasteiger partial charge in [0.05, 0.1) is 0 Å². The number of hydrogen-bond donors (Lipinski definition) is 4. The quantitative estimate of drug-likeness (QED) is 0.500. The Labute approximate surface area is 160 Å². The van der Waals surface area contributed by atoms with Crippen LogP contribution in [-0.4, -0.2) is 48.7 Å². The molecule has 148 valence electrons. The van der Waals surface area contributed by atoms with Crippen LogP contribution in [0.15, 0.2) is 48.5 Å². The third-order valence-corrected chi connectivity index (χ3v) is 4.58. The average Bonchev–Trinajstić information content (AvgIpc) is 2.70. The summed E-state index contributed by atoms with van der Waals surface area (Å²) in [6.07, 6.45) is -1.32. The third-order valence-electron chi connectivity index (χ3n) is 4.58. The first-order chi connectivity index (χ1) is 12.9. The Morgan fingerprint density at radius 3 is 1.37 bits per heavy atom. The molecule has 0 fully saturated rings. The minimum Gasteiger partial charge on any atom is -0.491 e. The second-order valence-corrected chi connectivity index (χ2v) is 7.07. The number of aliphatic hydroxyl groups excluding tert-OH is 2. The topological polar surface area (TPSA) is 111 Å². The molecule has 2 aromatic carbocycles. The van der Waals surface area contributed by atoms with Crippen LogP contribution < -0.4 is 20.9 Å². The van der Waals surface area contributed by atoms with Gasteiger partial charge in [0.15, 0.2) is 0 Å². The zero-order valence-corrected chi connectivity index (χ0v) is 16.0. The number of rotatable bonds is 10. The molecule has 2 unspecified atom stereocenters. The zero-order valence-electron chi connectivity index (χ0n) is 16.0. The van der Waals surface area contributed by atoms with Crippen LogP contribution in [0.1, 0.15) is 25.0 Å². The molecule has 6 nitrogen and oxygen atoms in total. The Balaban J connectivity index is 2.04. The van der Waals surface area contributed by atoms with Gasteiger partial charge in [0.2, 0.25) is 0 Å². The Morgan fingerprint density at radius 2 is 1.07 bits per heavy atom. The van der Waals surface area contributed by atoms with E-state index in [1.807, 2.05) is 48.5 Å². The fraction of sp³-hybridized carbons (Fsp3) is 0.429. The van der Waals surface area contributed by atoms with E-state index in [0.29, 0.717) is 11.5 Å². The van der Waals surface area contributed by atoms with Gasteiger partial charge in [0.1, 0.15) is 36.9 Å². The maximum atomic E-state index is 9.48. The van der Waals surface area contributed by atoms with Crippen molar-refractivity contribution in [2.24, 2.45) is 11.5 Å². The standard InChI is InChI=1S/C21H30N2O4/c1-21(2,15-3-7-19(8-4-15)26-13-17(24)11-22)16-5-9-20(10-6-16)27-14-18(25)12-23/h3-10,17-18,24-25H,11-14,22-23H2,1-2H3. The van der Waals surface area contributed by atoms with E-state index in [4.69, 9.17) is 20.9 Å². The molecular formula is C21H30N2O4. The van der Waals surface area contributed by atoms with Gasteiger partial charge in [0.25, 0.3) is 0 Å². The van der Waals surface area contributed by atoms with Gasteiger partial charge < -0.3 is 31.2 Å². The number of aliphatic hydroxyl groups is 2. The summed E-state index contributed by atoms with van der Waals surface area (Å²) in [6, 6.07) is 15.7. The molecule has 0 saturated heterocycles. The van der Waals surface area contributed by atoms with Gasteiger partial charge in [-0.2, -0.15) is 0 Å². The van der Waals surface area contributed by atoms with Crippen molar-refractivity contribution < 1.29 is 19.7 Å². The fourth-order valence-electron chi connectivity index (χ4n) is 2.62. The molecule has 6 heteroatoms. The summed E-state index contributed by atoms with van der Waals surface area (Å²) in [6.45, 7) is 5.01. The van der Waals surface area contributed by atoms with E-state index < -0.39 is 12.2 Å². The van der Waals surface area contributed by atoms with Crippen molar-refractivity contribution in [1.82, 2.24) is 0 Å². The van der Waals surface area contributed by atoms with E-state index >= 15 is 0 Å². The predicted octanol–water partition coefficient (Wildman–Crippen LogP) is 1.41. The van der Waals surface area contributed by atoms with E-state index in [1.54, 1.807) is 0 Å². The Hall–Kier alpha value is -2.12. The summed E-state index contributed by atoms with van der Waals surface area (Å²) in [5, 5.41) is 19.0. The first-order valence-corrected chi connectivity index (χ1v) is 9.09. The van der Waals surface area contributed by atoms with Gasteiger partial charge in [-0.25, -0.2) is 0 Å². The normalized spacial score (nSPS) is 13.9. The Morgan fingerprint density at radius 1 is 0.741 bits per heavy atom. The van der Waals surface area contributed by atoms with Crippen LogP contribution in [0.3, 0.4) is 0 Å². The summed E-state index contributed by atoms with van der Waals surface area (Å²) >= 11 is 0. The largest absolute Gasteiger partial charge is 0.491 e. The SMILES string of the molecule is CC(C)(c1ccc(OCC(O)CN)cc1)c1ccc(OCC(O)CN)cc1. The average molecular weight is 374 g/mol. The maximum Gasteiger partial charge on any atom is 0.119 e. The molecule has 2 rings (SSSR count). The second-order valence-electron chi connectivity index (χ2n) is 7.07. The molecule has 0 heterocycles. The van der Waals surface area contributed by atoms with Gasteiger partial charge in [0, 0.05) is 18.5 Å². The molecule has 27 heavy (non-hydrogen) atoms. The van der Waals surface area contributed by atoms with E-state index in [-0.39, 0.29) is 31.7 Å². The minimum absolute atomic E-state index is 0.177. The van der Waals surface area contributed by atoms with Gasteiger partial charge in [-0.05, 0) is 35.4 Å². The maximum absolute atomic E-state index is 9.48. The van der Waals surface area contributed by atoms with Crippen molar-refractivity contribution in [3.8, 4) is 11.5 Å². The molecule has 2 atom stereocenters. The molecule has 0 aliphatic carbocycles.